The van der Waals surface area contributed by atoms with Gasteiger partial charge in [-0.15, -0.1) is 0 Å². The molecule has 0 atom stereocenters. The summed E-state index contributed by atoms with van der Waals surface area (Å²) in [6.07, 6.45) is 0. The van der Waals surface area contributed by atoms with Crippen molar-refractivity contribution in [2.75, 3.05) is 5.32 Å². The maximum atomic E-state index is 10.5. The van der Waals surface area contributed by atoms with Gasteiger partial charge < -0.3 is 5.32 Å². The van der Waals surface area contributed by atoms with E-state index in [-0.39, 0.29) is 5.69 Å². The van der Waals surface area contributed by atoms with Crippen molar-refractivity contribution < 1.29 is 4.92 Å². The van der Waals surface area contributed by atoms with Crippen LogP contribution in [0.25, 0.3) is 0 Å². The number of hydrogen-bond donors (Lipinski definition) is 1. The Hall–Kier alpha value is -2.36. The van der Waals surface area contributed by atoms with Gasteiger partial charge in [-0.3, -0.25) is 10.1 Å². The lowest BCUT2D eigenvalue weighted by atomic mass is 10.1. The Labute approximate surface area is 112 Å². The van der Waals surface area contributed by atoms with Crippen LogP contribution in [0.3, 0.4) is 0 Å². The molecule has 4 heteroatoms. The second kappa shape index (κ2) is 5.52. The van der Waals surface area contributed by atoms with E-state index in [2.05, 4.69) is 37.4 Å². The lowest BCUT2D eigenvalue weighted by Crippen LogP contribution is -2.00. The third kappa shape index (κ3) is 3.31. The van der Waals surface area contributed by atoms with Crippen LogP contribution in [0.5, 0.6) is 0 Å². The first-order valence-corrected chi connectivity index (χ1v) is 6.11. The van der Waals surface area contributed by atoms with E-state index >= 15 is 0 Å². The number of rotatable bonds is 4. The van der Waals surface area contributed by atoms with Gasteiger partial charge in [0.25, 0.3) is 5.69 Å². The molecule has 0 saturated carbocycles. The predicted octanol–water partition coefficient (Wildman–Crippen LogP) is 3.82. The highest BCUT2D eigenvalue weighted by Gasteiger charge is 2.03. The molecule has 2 aromatic carbocycles. The van der Waals surface area contributed by atoms with Gasteiger partial charge in [0, 0.05) is 24.4 Å². The first kappa shape index (κ1) is 13.1. The van der Waals surface area contributed by atoms with Crippen LogP contribution in [-0.4, -0.2) is 4.92 Å². The van der Waals surface area contributed by atoms with Gasteiger partial charge in [-0.05, 0) is 42.7 Å². The highest BCUT2D eigenvalue weighted by Crippen LogP contribution is 2.17. The highest BCUT2D eigenvalue weighted by atomic mass is 16.6. The molecule has 0 unspecified atom stereocenters. The average Bonchev–Trinajstić information content (AvgIpc) is 2.40. The summed E-state index contributed by atoms with van der Waals surface area (Å²) in [6, 6.07) is 12.8. The second-order valence-electron chi connectivity index (χ2n) is 4.58. The zero-order chi connectivity index (χ0) is 13.8. The fraction of sp³-hybridized carbons (Fsp3) is 0.200. The molecule has 2 rings (SSSR count). The van der Waals surface area contributed by atoms with Crippen LogP contribution < -0.4 is 5.32 Å². The quantitative estimate of drug-likeness (QED) is 0.668. The van der Waals surface area contributed by atoms with Gasteiger partial charge in [-0.2, -0.15) is 0 Å². The van der Waals surface area contributed by atoms with Gasteiger partial charge >= 0.3 is 0 Å². The van der Waals surface area contributed by atoms with Crippen LogP contribution in [-0.2, 0) is 6.54 Å². The van der Waals surface area contributed by atoms with Crippen molar-refractivity contribution in [3.8, 4) is 0 Å². The first-order chi connectivity index (χ1) is 9.06. The molecular weight excluding hydrogens is 240 g/mol. The Bertz CT molecular complexity index is 592. The standard InChI is InChI=1S/C15H16N2O2/c1-11-3-4-13(9-12(11)2)10-16-14-5-7-15(8-6-14)17(18)19/h3-9,16H,10H2,1-2H3. The van der Waals surface area contributed by atoms with Crippen LogP contribution in [0.1, 0.15) is 16.7 Å². The summed E-state index contributed by atoms with van der Waals surface area (Å²) >= 11 is 0. The Morgan fingerprint density at radius 1 is 1.05 bits per heavy atom. The molecule has 0 bridgehead atoms. The summed E-state index contributed by atoms with van der Waals surface area (Å²) in [5, 5.41) is 13.8. The molecule has 0 amide bonds. The monoisotopic (exact) mass is 256 g/mol. The number of hydrogen-bond acceptors (Lipinski definition) is 3. The third-order valence-corrected chi connectivity index (χ3v) is 3.15. The van der Waals surface area contributed by atoms with Gasteiger partial charge in [0.1, 0.15) is 0 Å². The molecule has 0 heterocycles. The largest absolute Gasteiger partial charge is 0.381 e. The molecule has 0 aliphatic carbocycles. The van der Waals surface area contributed by atoms with Crippen molar-refractivity contribution in [1.29, 1.82) is 0 Å². The van der Waals surface area contributed by atoms with Crippen LogP contribution in [0.15, 0.2) is 42.5 Å². The molecular formula is C15H16N2O2. The Morgan fingerprint density at radius 3 is 2.32 bits per heavy atom. The van der Waals surface area contributed by atoms with E-state index in [1.54, 1.807) is 12.1 Å². The summed E-state index contributed by atoms with van der Waals surface area (Å²) in [5.74, 6) is 0. The van der Waals surface area contributed by atoms with Gasteiger partial charge in [0.05, 0.1) is 4.92 Å². The van der Waals surface area contributed by atoms with E-state index in [0.29, 0.717) is 6.54 Å². The lowest BCUT2D eigenvalue weighted by Gasteiger charge is -2.08. The van der Waals surface area contributed by atoms with Gasteiger partial charge in [0.15, 0.2) is 0 Å². The Morgan fingerprint density at radius 2 is 1.74 bits per heavy atom. The fourth-order valence-electron chi connectivity index (χ4n) is 1.82. The molecule has 1 N–H and O–H groups in total. The second-order valence-corrected chi connectivity index (χ2v) is 4.58. The van der Waals surface area contributed by atoms with Crippen molar-refractivity contribution in [2.45, 2.75) is 20.4 Å². The topological polar surface area (TPSA) is 55.2 Å². The van der Waals surface area contributed by atoms with E-state index in [1.807, 2.05) is 0 Å². The third-order valence-electron chi connectivity index (χ3n) is 3.15. The van der Waals surface area contributed by atoms with E-state index in [1.165, 1.54) is 28.8 Å². The Kier molecular flexibility index (Phi) is 3.80. The normalized spacial score (nSPS) is 10.2. The summed E-state index contributed by atoms with van der Waals surface area (Å²) in [5.41, 5.74) is 4.73. The minimum absolute atomic E-state index is 0.108. The fourth-order valence-corrected chi connectivity index (χ4v) is 1.82. The highest BCUT2D eigenvalue weighted by molar-refractivity contribution is 5.49. The number of non-ortho nitro benzene ring substituents is 1. The van der Waals surface area contributed by atoms with Crippen molar-refractivity contribution in [3.63, 3.8) is 0 Å². The number of benzene rings is 2. The molecule has 2 aromatic rings. The lowest BCUT2D eigenvalue weighted by molar-refractivity contribution is -0.384. The Balaban J connectivity index is 2.01. The summed E-state index contributed by atoms with van der Waals surface area (Å²) in [4.78, 5) is 10.2. The molecule has 0 radical (unpaired) electrons. The molecule has 0 saturated heterocycles. The number of nitro groups is 1. The minimum Gasteiger partial charge on any atom is -0.381 e. The smallest absolute Gasteiger partial charge is 0.269 e. The van der Waals surface area contributed by atoms with Crippen molar-refractivity contribution >= 4 is 11.4 Å². The zero-order valence-electron chi connectivity index (χ0n) is 11.0. The van der Waals surface area contributed by atoms with Crippen LogP contribution in [0.4, 0.5) is 11.4 Å². The van der Waals surface area contributed by atoms with Crippen molar-refractivity contribution in [3.05, 3.63) is 69.3 Å². The van der Waals surface area contributed by atoms with E-state index in [9.17, 15) is 10.1 Å². The molecule has 0 spiro atoms. The maximum Gasteiger partial charge on any atom is 0.269 e. The van der Waals surface area contributed by atoms with Crippen LogP contribution >= 0.6 is 0 Å². The van der Waals surface area contributed by atoms with E-state index in [0.717, 1.165) is 5.69 Å². The van der Waals surface area contributed by atoms with Gasteiger partial charge in [-0.1, -0.05) is 18.2 Å². The van der Waals surface area contributed by atoms with Crippen LogP contribution in [0.2, 0.25) is 0 Å². The summed E-state index contributed by atoms with van der Waals surface area (Å²) < 4.78 is 0. The predicted molar refractivity (Wildman–Crippen MR) is 76.3 cm³/mol. The number of aryl methyl sites for hydroxylation is 2. The average molecular weight is 256 g/mol. The molecule has 4 nitrogen and oxygen atoms in total. The van der Waals surface area contributed by atoms with Gasteiger partial charge in [-0.25, -0.2) is 0 Å². The zero-order valence-corrected chi connectivity index (χ0v) is 11.0. The molecule has 19 heavy (non-hydrogen) atoms. The van der Waals surface area contributed by atoms with Gasteiger partial charge in [0.2, 0.25) is 0 Å². The minimum atomic E-state index is -0.396. The van der Waals surface area contributed by atoms with E-state index in [4.69, 9.17) is 0 Å². The van der Waals surface area contributed by atoms with Crippen molar-refractivity contribution in [1.82, 2.24) is 0 Å². The molecule has 0 aliphatic rings. The summed E-state index contributed by atoms with van der Waals surface area (Å²) in [7, 11) is 0. The number of nitro benzene ring substituents is 1. The van der Waals surface area contributed by atoms with Crippen LogP contribution in [0, 0.1) is 24.0 Å². The number of nitrogens with zero attached hydrogens (tertiary/aromatic N) is 1. The van der Waals surface area contributed by atoms with E-state index < -0.39 is 4.92 Å². The molecule has 0 aliphatic heterocycles. The molecule has 0 fully saturated rings. The maximum absolute atomic E-state index is 10.5. The number of anilines is 1. The first-order valence-electron chi connectivity index (χ1n) is 6.11. The SMILES string of the molecule is Cc1ccc(CNc2ccc([N+](=O)[O-])cc2)cc1C. The molecule has 0 aromatic heterocycles. The molecule has 98 valence electrons. The van der Waals surface area contributed by atoms with Crippen molar-refractivity contribution in [2.24, 2.45) is 0 Å². The summed E-state index contributed by atoms with van der Waals surface area (Å²) in [6.45, 7) is 4.88. The number of nitrogens with one attached hydrogen (secondary N) is 1.